The zero-order valence-corrected chi connectivity index (χ0v) is 16.0. The van der Waals surface area contributed by atoms with Crippen molar-refractivity contribution in [3.05, 3.63) is 59.4 Å². The van der Waals surface area contributed by atoms with Crippen LogP contribution >= 0.6 is 0 Å². The van der Waals surface area contributed by atoms with Gasteiger partial charge in [-0.15, -0.1) is 0 Å². The highest BCUT2D eigenvalue weighted by Gasteiger charge is 2.29. The molecule has 1 aliphatic rings. The number of rotatable bonds is 3. The molecule has 0 saturated heterocycles. The summed E-state index contributed by atoms with van der Waals surface area (Å²) in [5.41, 5.74) is 6.34. The summed E-state index contributed by atoms with van der Waals surface area (Å²) in [5.74, 6) is -0.117. The average Bonchev–Trinajstić information content (AvgIpc) is 3.12. The fourth-order valence-electron chi connectivity index (χ4n) is 3.13. The molecule has 2 aromatic carbocycles. The number of benzene rings is 2. The summed E-state index contributed by atoms with van der Waals surface area (Å²) in [6, 6.07) is 11.9. The lowest BCUT2D eigenvalue weighted by atomic mass is 10.1. The molecule has 3 aromatic rings. The molecular weight excluding hydrogens is 390 g/mol. The van der Waals surface area contributed by atoms with Gasteiger partial charge in [0.2, 0.25) is 0 Å². The summed E-state index contributed by atoms with van der Waals surface area (Å²) in [5, 5.41) is 9.33. The van der Waals surface area contributed by atoms with Crippen molar-refractivity contribution in [3.63, 3.8) is 0 Å². The predicted octanol–water partition coefficient (Wildman–Crippen LogP) is 3.40. The molecule has 0 saturated carbocycles. The van der Waals surface area contributed by atoms with Crippen LogP contribution in [0.1, 0.15) is 26.4 Å². The Balaban J connectivity index is 1.95. The number of aromatic nitrogens is 1. The number of ether oxygens (including phenoxy) is 4. The van der Waals surface area contributed by atoms with Gasteiger partial charge in [-0.1, -0.05) is 12.1 Å². The number of hydrogen-bond acceptors (Lipinski definition) is 8. The molecule has 2 heterocycles. The highest BCUT2D eigenvalue weighted by Crippen LogP contribution is 2.48. The van der Waals surface area contributed by atoms with Gasteiger partial charge < -0.3 is 29.2 Å². The van der Waals surface area contributed by atoms with Crippen molar-refractivity contribution in [3.8, 4) is 34.8 Å². The number of fused-ring (bicyclic) bond motifs is 2. The van der Waals surface area contributed by atoms with Crippen LogP contribution in [0.5, 0.6) is 23.0 Å². The van der Waals surface area contributed by atoms with Gasteiger partial charge >= 0.3 is 11.9 Å². The van der Waals surface area contributed by atoms with Gasteiger partial charge in [0.1, 0.15) is 11.6 Å². The molecule has 4 rings (SSSR count). The first-order valence-corrected chi connectivity index (χ1v) is 8.69. The molecule has 30 heavy (non-hydrogen) atoms. The van der Waals surface area contributed by atoms with Gasteiger partial charge in [-0.25, -0.2) is 9.59 Å². The van der Waals surface area contributed by atoms with Crippen LogP contribution in [0.25, 0.3) is 5.69 Å². The molecule has 0 atom stereocenters. The first-order valence-electron chi connectivity index (χ1n) is 8.69. The third-order valence-electron chi connectivity index (χ3n) is 4.55. The Labute approximate surface area is 170 Å². The van der Waals surface area contributed by atoms with Crippen molar-refractivity contribution in [2.24, 2.45) is 0 Å². The second-order valence-electron chi connectivity index (χ2n) is 6.24. The van der Waals surface area contributed by atoms with Crippen molar-refractivity contribution in [1.82, 2.24) is 4.57 Å². The SMILES string of the molecule is COC(=O)c1cc(-n2cc(C#N)c(N)c2C(=O)OC)cc2c1Oc1ccccc1O2. The van der Waals surface area contributed by atoms with Crippen LogP contribution in [-0.4, -0.2) is 30.7 Å². The summed E-state index contributed by atoms with van der Waals surface area (Å²) in [7, 11) is 2.44. The van der Waals surface area contributed by atoms with Crippen LogP contribution in [0.2, 0.25) is 0 Å². The van der Waals surface area contributed by atoms with E-state index in [9.17, 15) is 14.9 Å². The Kier molecular flexibility index (Phi) is 4.52. The van der Waals surface area contributed by atoms with E-state index in [1.54, 1.807) is 30.3 Å². The van der Waals surface area contributed by atoms with Gasteiger partial charge in [0.05, 0.1) is 31.2 Å². The Morgan fingerprint density at radius 3 is 2.33 bits per heavy atom. The smallest absolute Gasteiger partial charge is 0.357 e. The zero-order chi connectivity index (χ0) is 21.4. The Hall–Kier alpha value is -4.45. The summed E-state index contributed by atoms with van der Waals surface area (Å²) in [6.07, 6.45) is 1.38. The van der Waals surface area contributed by atoms with E-state index >= 15 is 0 Å². The first-order chi connectivity index (χ1) is 14.5. The monoisotopic (exact) mass is 405 g/mol. The topological polar surface area (TPSA) is 126 Å². The number of anilines is 1. The van der Waals surface area contributed by atoms with Gasteiger partial charge in [-0.05, 0) is 18.2 Å². The third-order valence-corrected chi connectivity index (χ3v) is 4.55. The Morgan fingerprint density at radius 1 is 1.03 bits per heavy atom. The molecular formula is C21H15N3O6. The fourth-order valence-corrected chi connectivity index (χ4v) is 3.13. The van der Waals surface area contributed by atoms with E-state index < -0.39 is 11.9 Å². The summed E-state index contributed by atoms with van der Waals surface area (Å²) in [4.78, 5) is 24.8. The number of para-hydroxylation sites is 2. The van der Waals surface area contributed by atoms with Crippen LogP contribution in [0.4, 0.5) is 5.69 Å². The van der Waals surface area contributed by atoms with Crippen molar-refractivity contribution in [1.29, 1.82) is 5.26 Å². The molecule has 0 fully saturated rings. The predicted molar refractivity (Wildman–Crippen MR) is 104 cm³/mol. The molecule has 9 nitrogen and oxygen atoms in total. The second kappa shape index (κ2) is 7.18. The van der Waals surface area contributed by atoms with Crippen LogP contribution < -0.4 is 15.2 Å². The maximum atomic E-state index is 12.4. The van der Waals surface area contributed by atoms with E-state index in [4.69, 9.17) is 24.7 Å². The minimum Gasteiger partial charge on any atom is -0.465 e. The Bertz CT molecular complexity index is 1240. The molecule has 9 heteroatoms. The maximum absolute atomic E-state index is 12.4. The number of carbonyl (C=O) groups is 2. The summed E-state index contributed by atoms with van der Waals surface area (Å²) < 4.78 is 22.8. The average molecular weight is 405 g/mol. The number of nitrogen functional groups attached to an aromatic ring is 1. The molecule has 0 radical (unpaired) electrons. The van der Waals surface area contributed by atoms with Gasteiger partial charge in [0.15, 0.2) is 28.7 Å². The molecule has 2 N–H and O–H groups in total. The van der Waals surface area contributed by atoms with E-state index in [-0.39, 0.29) is 34.0 Å². The van der Waals surface area contributed by atoms with Crippen LogP contribution in [0.3, 0.4) is 0 Å². The molecule has 0 amide bonds. The van der Waals surface area contributed by atoms with E-state index in [2.05, 4.69) is 0 Å². The minimum atomic E-state index is -0.742. The molecule has 1 aromatic heterocycles. The molecule has 0 spiro atoms. The van der Waals surface area contributed by atoms with E-state index in [1.807, 2.05) is 6.07 Å². The number of carbonyl (C=O) groups excluding carboxylic acids is 2. The lowest BCUT2D eigenvalue weighted by molar-refractivity contribution is 0.0587. The zero-order valence-electron chi connectivity index (χ0n) is 16.0. The van der Waals surface area contributed by atoms with Crippen LogP contribution in [0.15, 0.2) is 42.6 Å². The van der Waals surface area contributed by atoms with Crippen LogP contribution in [-0.2, 0) is 9.47 Å². The van der Waals surface area contributed by atoms with Crippen molar-refractivity contribution in [2.45, 2.75) is 0 Å². The second-order valence-corrected chi connectivity index (χ2v) is 6.24. The highest BCUT2D eigenvalue weighted by atomic mass is 16.6. The maximum Gasteiger partial charge on any atom is 0.357 e. The molecule has 1 aliphatic heterocycles. The lowest BCUT2D eigenvalue weighted by Gasteiger charge is -2.23. The third kappa shape index (κ3) is 2.87. The summed E-state index contributed by atoms with van der Waals surface area (Å²) in [6.45, 7) is 0. The molecule has 0 bridgehead atoms. The number of nitrogens with two attached hydrogens (primary N) is 1. The normalized spacial score (nSPS) is 11.2. The first kappa shape index (κ1) is 18.9. The van der Waals surface area contributed by atoms with E-state index in [0.717, 1.165) is 0 Å². The van der Waals surface area contributed by atoms with Crippen molar-refractivity contribution < 1.29 is 28.5 Å². The quantitative estimate of drug-likeness (QED) is 0.514. The van der Waals surface area contributed by atoms with E-state index in [0.29, 0.717) is 17.2 Å². The Morgan fingerprint density at radius 2 is 1.70 bits per heavy atom. The lowest BCUT2D eigenvalue weighted by Crippen LogP contribution is -2.13. The summed E-state index contributed by atoms with van der Waals surface area (Å²) >= 11 is 0. The highest BCUT2D eigenvalue weighted by molar-refractivity contribution is 5.97. The van der Waals surface area contributed by atoms with Gasteiger partial charge in [0, 0.05) is 12.3 Å². The van der Waals surface area contributed by atoms with Gasteiger partial charge in [0.25, 0.3) is 0 Å². The molecule has 0 unspecified atom stereocenters. The number of nitriles is 1. The minimum absolute atomic E-state index is 0.0378. The fraction of sp³-hybridized carbons (Fsp3) is 0.0952. The number of hydrogen-bond donors (Lipinski definition) is 1. The standard InChI is InChI=1S/C21H15N3O6/c1-27-20(25)13-7-12(24-10-11(9-22)17(23)18(24)21(26)28-2)8-16-19(13)30-15-6-4-3-5-14(15)29-16/h3-8,10H,23H2,1-2H3. The number of methoxy groups -OCH3 is 2. The number of nitrogens with zero attached hydrogens (tertiary/aromatic N) is 2. The van der Waals surface area contributed by atoms with Gasteiger partial charge in [-0.2, -0.15) is 5.26 Å². The number of esters is 2. The molecule has 150 valence electrons. The van der Waals surface area contributed by atoms with E-state index in [1.165, 1.54) is 31.0 Å². The van der Waals surface area contributed by atoms with Crippen molar-refractivity contribution in [2.75, 3.05) is 20.0 Å². The molecule has 0 aliphatic carbocycles. The van der Waals surface area contributed by atoms with Crippen LogP contribution in [0, 0.1) is 11.3 Å². The largest absolute Gasteiger partial charge is 0.465 e. The van der Waals surface area contributed by atoms with Crippen molar-refractivity contribution >= 4 is 17.6 Å². The van der Waals surface area contributed by atoms with Gasteiger partial charge in [-0.3, -0.25) is 0 Å².